The Bertz CT molecular complexity index is 524. The Balaban J connectivity index is 1.92. The first-order valence-electron chi connectivity index (χ1n) is 6.80. The van der Waals surface area contributed by atoms with Crippen LogP contribution >= 0.6 is 0 Å². The van der Waals surface area contributed by atoms with Crippen LogP contribution in [0.2, 0.25) is 0 Å². The van der Waals surface area contributed by atoms with Gasteiger partial charge in [0.05, 0.1) is 17.7 Å². The molecule has 0 bridgehead atoms. The van der Waals surface area contributed by atoms with Gasteiger partial charge in [-0.25, -0.2) is 4.79 Å². The summed E-state index contributed by atoms with van der Waals surface area (Å²) in [5.74, 6) is 0.163. The van der Waals surface area contributed by atoms with Crippen molar-refractivity contribution in [2.75, 3.05) is 18.9 Å². The molecule has 1 saturated carbocycles. The first-order valence-corrected chi connectivity index (χ1v) is 6.80. The SMILES string of the molecule is CN(CC1CCCC1O)C(=O)Nc1cccc(C#N)c1. The molecule has 0 spiro atoms. The maximum absolute atomic E-state index is 12.1. The average molecular weight is 273 g/mol. The first kappa shape index (κ1) is 14.4. The van der Waals surface area contributed by atoms with Gasteiger partial charge in [-0.05, 0) is 31.0 Å². The van der Waals surface area contributed by atoms with Crippen LogP contribution < -0.4 is 5.32 Å². The number of nitriles is 1. The number of hydrogen-bond acceptors (Lipinski definition) is 3. The second kappa shape index (κ2) is 6.40. The fraction of sp³-hybridized carbons (Fsp3) is 0.467. The van der Waals surface area contributed by atoms with E-state index >= 15 is 0 Å². The number of aliphatic hydroxyl groups is 1. The van der Waals surface area contributed by atoms with Crippen molar-refractivity contribution in [1.29, 1.82) is 5.26 Å². The number of anilines is 1. The minimum Gasteiger partial charge on any atom is -0.393 e. The first-order chi connectivity index (χ1) is 9.60. The van der Waals surface area contributed by atoms with E-state index in [9.17, 15) is 9.90 Å². The largest absolute Gasteiger partial charge is 0.393 e. The van der Waals surface area contributed by atoms with E-state index in [2.05, 4.69) is 5.32 Å². The van der Waals surface area contributed by atoms with Crippen LogP contribution in [0.25, 0.3) is 0 Å². The van der Waals surface area contributed by atoms with Gasteiger partial charge in [-0.3, -0.25) is 0 Å². The summed E-state index contributed by atoms with van der Waals surface area (Å²) in [5, 5.41) is 21.4. The van der Waals surface area contributed by atoms with Crippen LogP contribution in [0.1, 0.15) is 24.8 Å². The quantitative estimate of drug-likeness (QED) is 0.886. The van der Waals surface area contributed by atoms with E-state index in [4.69, 9.17) is 5.26 Å². The molecule has 1 aromatic rings. The van der Waals surface area contributed by atoms with Crippen LogP contribution in [0.3, 0.4) is 0 Å². The van der Waals surface area contributed by atoms with Crippen molar-refractivity contribution in [3.63, 3.8) is 0 Å². The molecule has 2 atom stereocenters. The minimum atomic E-state index is -0.299. The zero-order valence-electron chi connectivity index (χ0n) is 11.5. The van der Waals surface area contributed by atoms with Gasteiger partial charge in [0.1, 0.15) is 0 Å². The van der Waals surface area contributed by atoms with E-state index < -0.39 is 0 Å². The van der Waals surface area contributed by atoms with Crippen LogP contribution in [-0.2, 0) is 0 Å². The number of rotatable bonds is 3. The van der Waals surface area contributed by atoms with Crippen molar-refractivity contribution in [3.8, 4) is 6.07 Å². The van der Waals surface area contributed by atoms with Gasteiger partial charge in [-0.15, -0.1) is 0 Å². The number of aliphatic hydroxyl groups excluding tert-OH is 1. The molecule has 0 aromatic heterocycles. The maximum atomic E-state index is 12.1. The lowest BCUT2D eigenvalue weighted by atomic mass is 10.1. The normalized spacial score (nSPS) is 21.2. The number of amides is 2. The Morgan fingerprint density at radius 1 is 1.55 bits per heavy atom. The number of nitrogens with zero attached hydrogens (tertiary/aromatic N) is 2. The Labute approximate surface area is 118 Å². The molecular weight excluding hydrogens is 254 g/mol. The Morgan fingerprint density at radius 2 is 2.35 bits per heavy atom. The van der Waals surface area contributed by atoms with Gasteiger partial charge in [-0.1, -0.05) is 12.5 Å². The van der Waals surface area contributed by atoms with Crippen LogP contribution in [0, 0.1) is 17.2 Å². The zero-order valence-corrected chi connectivity index (χ0v) is 11.5. The Hall–Kier alpha value is -2.06. The van der Waals surface area contributed by atoms with Gasteiger partial charge in [0, 0.05) is 25.2 Å². The highest BCUT2D eigenvalue weighted by molar-refractivity contribution is 5.89. The van der Waals surface area contributed by atoms with Crippen LogP contribution in [-0.4, -0.2) is 35.7 Å². The fourth-order valence-corrected chi connectivity index (χ4v) is 2.55. The summed E-state index contributed by atoms with van der Waals surface area (Å²) < 4.78 is 0. The van der Waals surface area contributed by atoms with Crippen molar-refractivity contribution in [1.82, 2.24) is 4.90 Å². The molecule has 1 aliphatic rings. The molecule has 2 rings (SSSR count). The summed E-state index contributed by atoms with van der Waals surface area (Å²) in [7, 11) is 1.72. The lowest BCUT2D eigenvalue weighted by molar-refractivity contribution is 0.116. The third kappa shape index (κ3) is 3.49. The van der Waals surface area contributed by atoms with Gasteiger partial charge in [0.2, 0.25) is 0 Å². The molecule has 20 heavy (non-hydrogen) atoms. The number of urea groups is 1. The highest BCUT2D eigenvalue weighted by Crippen LogP contribution is 2.26. The highest BCUT2D eigenvalue weighted by Gasteiger charge is 2.27. The topological polar surface area (TPSA) is 76.4 Å². The van der Waals surface area contributed by atoms with Crippen molar-refractivity contribution < 1.29 is 9.90 Å². The van der Waals surface area contributed by atoms with Crippen LogP contribution in [0.5, 0.6) is 0 Å². The van der Waals surface area contributed by atoms with E-state index in [-0.39, 0.29) is 18.1 Å². The summed E-state index contributed by atoms with van der Waals surface area (Å²) in [6.07, 6.45) is 2.51. The third-order valence-corrected chi connectivity index (χ3v) is 3.72. The molecule has 2 unspecified atom stereocenters. The number of nitrogens with one attached hydrogen (secondary N) is 1. The van der Waals surface area contributed by atoms with Gasteiger partial charge in [-0.2, -0.15) is 5.26 Å². The lowest BCUT2D eigenvalue weighted by Gasteiger charge is -2.23. The van der Waals surface area contributed by atoms with Crippen molar-refractivity contribution in [2.45, 2.75) is 25.4 Å². The van der Waals surface area contributed by atoms with E-state index in [1.165, 1.54) is 0 Å². The predicted molar refractivity (Wildman–Crippen MR) is 76.2 cm³/mol. The predicted octanol–water partition coefficient (Wildman–Crippen LogP) is 2.18. The van der Waals surface area contributed by atoms with Gasteiger partial charge >= 0.3 is 6.03 Å². The summed E-state index contributed by atoms with van der Waals surface area (Å²) in [5.41, 5.74) is 1.12. The number of hydrogen-bond donors (Lipinski definition) is 2. The molecule has 0 saturated heterocycles. The molecule has 1 fully saturated rings. The second-order valence-electron chi connectivity index (χ2n) is 5.26. The van der Waals surface area contributed by atoms with Crippen molar-refractivity contribution in [2.24, 2.45) is 5.92 Å². The molecular formula is C15H19N3O2. The van der Waals surface area contributed by atoms with Crippen molar-refractivity contribution in [3.05, 3.63) is 29.8 Å². The Kier molecular flexibility index (Phi) is 4.59. The molecule has 0 heterocycles. The van der Waals surface area contributed by atoms with Gasteiger partial charge in [0.25, 0.3) is 0 Å². The number of benzene rings is 1. The smallest absolute Gasteiger partial charge is 0.321 e. The fourth-order valence-electron chi connectivity index (χ4n) is 2.55. The van der Waals surface area contributed by atoms with Crippen LogP contribution in [0.15, 0.2) is 24.3 Å². The summed E-state index contributed by atoms with van der Waals surface area (Å²) in [6, 6.07) is 8.62. The molecule has 5 nitrogen and oxygen atoms in total. The highest BCUT2D eigenvalue weighted by atomic mass is 16.3. The van der Waals surface area contributed by atoms with Gasteiger partial charge < -0.3 is 15.3 Å². The molecule has 1 aliphatic carbocycles. The molecule has 5 heteroatoms. The third-order valence-electron chi connectivity index (χ3n) is 3.72. The summed E-state index contributed by atoms with van der Waals surface area (Å²) in [6.45, 7) is 0.547. The number of carbonyl (C=O) groups is 1. The molecule has 0 radical (unpaired) electrons. The lowest BCUT2D eigenvalue weighted by Crippen LogP contribution is -2.37. The molecule has 106 valence electrons. The molecule has 0 aliphatic heterocycles. The zero-order chi connectivity index (χ0) is 14.5. The maximum Gasteiger partial charge on any atom is 0.321 e. The average Bonchev–Trinajstić information content (AvgIpc) is 2.84. The number of carbonyl (C=O) groups excluding carboxylic acids is 1. The molecule has 2 N–H and O–H groups in total. The monoisotopic (exact) mass is 273 g/mol. The van der Waals surface area contributed by atoms with E-state index in [1.807, 2.05) is 6.07 Å². The summed E-state index contributed by atoms with van der Waals surface area (Å²) >= 11 is 0. The molecule has 2 amide bonds. The standard InChI is InChI=1S/C15H19N3O2/c1-18(10-12-5-3-7-14(12)19)15(20)17-13-6-2-4-11(8-13)9-16/h2,4,6,8,12,14,19H,3,5,7,10H2,1H3,(H,17,20). The summed E-state index contributed by atoms with van der Waals surface area (Å²) in [4.78, 5) is 13.6. The Morgan fingerprint density at radius 3 is 3.00 bits per heavy atom. The van der Waals surface area contributed by atoms with E-state index in [0.717, 1.165) is 19.3 Å². The van der Waals surface area contributed by atoms with Crippen LogP contribution in [0.4, 0.5) is 10.5 Å². The van der Waals surface area contributed by atoms with Crippen molar-refractivity contribution >= 4 is 11.7 Å². The minimum absolute atomic E-state index is 0.163. The second-order valence-corrected chi connectivity index (χ2v) is 5.26. The molecule has 1 aromatic carbocycles. The van der Waals surface area contributed by atoms with E-state index in [0.29, 0.717) is 17.8 Å². The van der Waals surface area contributed by atoms with Gasteiger partial charge in [0.15, 0.2) is 0 Å². The van der Waals surface area contributed by atoms with E-state index in [1.54, 1.807) is 36.2 Å².